The van der Waals surface area contributed by atoms with Crippen LogP contribution in [0.5, 0.6) is 5.75 Å². The summed E-state index contributed by atoms with van der Waals surface area (Å²) in [6.07, 6.45) is 7.38. The van der Waals surface area contributed by atoms with E-state index in [1.807, 2.05) is 18.2 Å². The van der Waals surface area contributed by atoms with E-state index in [2.05, 4.69) is 4.72 Å². The van der Waals surface area contributed by atoms with Gasteiger partial charge in [0.15, 0.2) is 0 Å². The molecule has 0 saturated heterocycles. The van der Waals surface area contributed by atoms with Gasteiger partial charge >= 0.3 is 0 Å². The van der Waals surface area contributed by atoms with Gasteiger partial charge in [0, 0.05) is 6.04 Å². The van der Waals surface area contributed by atoms with Crippen LogP contribution < -0.4 is 9.46 Å². The minimum atomic E-state index is -3.22. The predicted octanol–water partition coefficient (Wildman–Crippen LogP) is 3.18. The number of fused-ring (bicyclic) bond motifs is 1. The summed E-state index contributed by atoms with van der Waals surface area (Å²) in [5.74, 6) is 1.48. The average molecular weight is 323 g/mol. The van der Waals surface area contributed by atoms with Crippen LogP contribution in [0.25, 0.3) is 0 Å². The number of rotatable bonds is 5. The standard InChI is InChI=1S/C17H25NO3S/c1-21-17-9-5-8-14-15(17)10-11-16(14)18-22(19,20)12-13-6-3-2-4-7-13/h5,8-9,13,16,18H,2-4,6-7,10-12H2,1H3. The lowest BCUT2D eigenvalue weighted by Crippen LogP contribution is -2.33. The largest absolute Gasteiger partial charge is 0.496 e. The van der Waals surface area contributed by atoms with Crippen molar-refractivity contribution in [3.05, 3.63) is 29.3 Å². The summed E-state index contributed by atoms with van der Waals surface area (Å²) in [5, 5.41) is 0. The van der Waals surface area contributed by atoms with Crippen LogP contribution in [0.4, 0.5) is 0 Å². The van der Waals surface area contributed by atoms with E-state index in [0.717, 1.165) is 42.6 Å². The Bertz CT molecular complexity index is 621. The quantitative estimate of drug-likeness (QED) is 0.905. The molecule has 1 saturated carbocycles. The Morgan fingerprint density at radius 1 is 1.18 bits per heavy atom. The van der Waals surface area contributed by atoms with Crippen molar-refractivity contribution < 1.29 is 13.2 Å². The average Bonchev–Trinajstić information content (AvgIpc) is 2.90. The molecule has 22 heavy (non-hydrogen) atoms. The zero-order valence-electron chi connectivity index (χ0n) is 13.2. The van der Waals surface area contributed by atoms with E-state index in [1.165, 1.54) is 19.3 Å². The fourth-order valence-corrected chi connectivity index (χ4v) is 5.59. The zero-order valence-corrected chi connectivity index (χ0v) is 14.0. The number of hydrogen-bond donors (Lipinski definition) is 1. The molecule has 4 nitrogen and oxygen atoms in total. The number of sulfonamides is 1. The Morgan fingerprint density at radius 3 is 2.68 bits per heavy atom. The van der Waals surface area contributed by atoms with Crippen molar-refractivity contribution in [1.29, 1.82) is 0 Å². The van der Waals surface area contributed by atoms with Gasteiger partial charge in [0.25, 0.3) is 0 Å². The Hall–Kier alpha value is -1.07. The highest BCUT2D eigenvalue weighted by Crippen LogP contribution is 2.37. The highest BCUT2D eigenvalue weighted by atomic mass is 32.2. The van der Waals surface area contributed by atoms with Gasteiger partial charge in [0.2, 0.25) is 10.0 Å². The first kappa shape index (κ1) is 15.8. The summed E-state index contributed by atoms with van der Waals surface area (Å²) in [4.78, 5) is 0. The summed E-state index contributed by atoms with van der Waals surface area (Å²) in [7, 11) is -1.55. The van der Waals surface area contributed by atoms with Gasteiger partial charge in [0.05, 0.1) is 12.9 Å². The third-order valence-electron chi connectivity index (χ3n) is 4.95. The van der Waals surface area contributed by atoms with Gasteiger partial charge in [0.1, 0.15) is 5.75 Å². The Morgan fingerprint density at radius 2 is 1.95 bits per heavy atom. The first-order valence-electron chi connectivity index (χ1n) is 8.25. The minimum Gasteiger partial charge on any atom is -0.496 e. The highest BCUT2D eigenvalue weighted by Gasteiger charge is 2.30. The van der Waals surface area contributed by atoms with E-state index in [0.29, 0.717) is 5.92 Å². The molecule has 1 atom stereocenters. The lowest BCUT2D eigenvalue weighted by Gasteiger charge is -2.23. The van der Waals surface area contributed by atoms with E-state index in [9.17, 15) is 8.42 Å². The van der Waals surface area contributed by atoms with Crippen LogP contribution in [0.3, 0.4) is 0 Å². The molecular weight excluding hydrogens is 298 g/mol. The lowest BCUT2D eigenvalue weighted by molar-refractivity contribution is 0.383. The third-order valence-corrected chi connectivity index (χ3v) is 6.50. The fraction of sp³-hybridized carbons (Fsp3) is 0.647. The molecule has 0 radical (unpaired) electrons. The van der Waals surface area contributed by atoms with Gasteiger partial charge in [-0.25, -0.2) is 13.1 Å². The van der Waals surface area contributed by atoms with Crippen LogP contribution in [-0.2, 0) is 16.4 Å². The number of hydrogen-bond acceptors (Lipinski definition) is 3. The van der Waals surface area contributed by atoms with Crippen LogP contribution in [0.15, 0.2) is 18.2 Å². The molecule has 0 aromatic heterocycles. The van der Waals surface area contributed by atoms with Crippen molar-refractivity contribution in [2.45, 2.75) is 51.0 Å². The van der Waals surface area contributed by atoms with Crippen molar-refractivity contribution in [2.75, 3.05) is 12.9 Å². The van der Waals surface area contributed by atoms with Crippen LogP contribution >= 0.6 is 0 Å². The molecule has 0 bridgehead atoms. The molecule has 0 spiro atoms. The second-order valence-corrected chi connectivity index (χ2v) is 8.32. The molecule has 1 aromatic carbocycles. The monoisotopic (exact) mass is 323 g/mol. The van der Waals surface area contributed by atoms with Crippen LogP contribution in [-0.4, -0.2) is 21.3 Å². The molecule has 1 N–H and O–H groups in total. The first-order valence-corrected chi connectivity index (χ1v) is 9.90. The van der Waals surface area contributed by atoms with Crippen molar-refractivity contribution >= 4 is 10.0 Å². The van der Waals surface area contributed by atoms with Crippen molar-refractivity contribution in [2.24, 2.45) is 5.92 Å². The smallest absolute Gasteiger partial charge is 0.212 e. The van der Waals surface area contributed by atoms with Crippen molar-refractivity contribution in [1.82, 2.24) is 4.72 Å². The van der Waals surface area contributed by atoms with Gasteiger partial charge in [-0.2, -0.15) is 0 Å². The zero-order chi connectivity index (χ0) is 15.6. The Labute approximate surface area is 133 Å². The molecule has 2 aliphatic rings. The van der Waals surface area contributed by atoms with E-state index >= 15 is 0 Å². The molecule has 1 unspecified atom stereocenters. The topological polar surface area (TPSA) is 55.4 Å². The van der Waals surface area contributed by atoms with E-state index < -0.39 is 10.0 Å². The maximum atomic E-state index is 12.5. The first-order chi connectivity index (χ1) is 10.6. The number of nitrogens with one attached hydrogen (secondary N) is 1. The van der Waals surface area contributed by atoms with Crippen LogP contribution in [0.1, 0.15) is 55.7 Å². The van der Waals surface area contributed by atoms with Gasteiger partial charge < -0.3 is 4.74 Å². The summed E-state index contributed by atoms with van der Waals surface area (Å²) in [6, 6.07) is 5.79. The number of benzene rings is 1. The van der Waals surface area contributed by atoms with Gasteiger partial charge in [-0.05, 0) is 48.8 Å². The molecule has 1 fully saturated rings. The second-order valence-electron chi connectivity index (χ2n) is 6.52. The SMILES string of the molecule is COc1cccc2c1CCC2NS(=O)(=O)CC1CCCCC1. The predicted molar refractivity (Wildman–Crippen MR) is 87.6 cm³/mol. The molecule has 5 heteroatoms. The summed E-state index contributed by atoms with van der Waals surface area (Å²) in [6.45, 7) is 0. The van der Waals surface area contributed by atoms with Crippen LogP contribution in [0, 0.1) is 5.92 Å². The van der Waals surface area contributed by atoms with Gasteiger partial charge in [-0.15, -0.1) is 0 Å². The molecule has 0 amide bonds. The molecule has 3 rings (SSSR count). The number of ether oxygens (including phenoxy) is 1. The van der Waals surface area contributed by atoms with Gasteiger partial charge in [-0.1, -0.05) is 31.4 Å². The van der Waals surface area contributed by atoms with Gasteiger partial charge in [-0.3, -0.25) is 0 Å². The molecular formula is C17H25NO3S. The molecule has 122 valence electrons. The molecule has 0 aliphatic heterocycles. The van der Waals surface area contributed by atoms with E-state index in [-0.39, 0.29) is 11.8 Å². The third kappa shape index (κ3) is 3.46. The number of methoxy groups -OCH3 is 1. The van der Waals surface area contributed by atoms with Crippen molar-refractivity contribution in [3.8, 4) is 5.75 Å². The summed E-state index contributed by atoms with van der Waals surface area (Å²) >= 11 is 0. The molecule has 2 aliphatic carbocycles. The molecule has 1 aromatic rings. The Kier molecular flexibility index (Phi) is 4.73. The van der Waals surface area contributed by atoms with E-state index in [1.54, 1.807) is 7.11 Å². The summed E-state index contributed by atoms with van der Waals surface area (Å²) in [5.41, 5.74) is 2.22. The Balaban J connectivity index is 1.69. The maximum Gasteiger partial charge on any atom is 0.212 e. The second kappa shape index (κ2) is 6.59. The highest BCUT2D eigenvalue weighted by molar-refractivity contribution is 7.89. The molecule has 0 heterocycles. The fourth-order valence-electron chi connectivity index (χ4n) is 3.86. The lowest BCUT2D eigenvalue weighted by atomic mass is 9.91. The maximum absolute atomic E-state index is 12.5. The normalized spacial score (nSPS) is 22.5. The van der Waals surface area contributed by atoms with Crippen molar-refractivity contribution in [3.63, 3.8) is 0 Å². The minimum absolute atomic E-state index is 0.0984. The summed E-state index contributed by atoms with van der Waals surface area (Å²) < 4.78 is 33.3. The van der Waals surface area contributed by atoms with E-state index in [4.69, 9.17) is 4.74 Å². The van der Waals surface area contributed by atoms with Crippen LogP contribution in [0.2, 0.25) is 0 Å².